The average Bonchev–Trinajstić information content (AvgIpc) is 2.77. The minimum Gasteiger partial charge on any atom is -0.349 e. The fourth-order valence-corrected chi connectivity index (χ4v) is 2.21. The Kier molecular flexibility index (Phi) is 4.61. The standard InChI is InChI=1S/C13H20ClN5/c1-4-18(5-2)8-10(3)15-13-16-12-7-6-11(14)9-19(12)17-13/h6-7,9-10H,4-5,8H2,1-3H3,(H,15,17). The van der Waals surface area contributed by atoms with Crippen molar-refractivity contribution in [3.63, 3.8) is 0 Å². The van der Waals surface area contributed by atoms with Gasteiger partial charge in [0.2, 0.25) is 5.95 Å². The monoisotopic (exact) mass is 281 g/mol. The van der Waals surface area contributed by atoms with Crippen LogP contribution in [0.4, 0.5) is 5.95 Å². The Bertz CT molecular complexity index is 535. The van der Waals surface area contributed by atoms with Crippen molar-refractivity contribution in [2.45, 2.75) is 26.8 Å². The van der Waals surface area contributed by atoms with E-state index in [4.69, 9.17) is 11.6 Å². The SMILES string of the molecule is CCN(CC)CC(C)Nc1nc2ccc(Cl)cn2n1. The average molecular weight is 282 g/mol. The van der Waals surface area contributed by atoms with E-state index in [0.29, 0.717) is 17.0 Å². The molecule has 1 N–H and O–H groups in total. The molecule has 5 nitrogen and oxygen atoms in total. The minimum atomic E-state index is 0.299. The summed E-state index contributed by atoms with van der Waals surface area (Å²) in [4.78, 5) is 6.78. The zero-order valence-electron chi connectivity index (χ0n) is 11.6. The molecular weight excluding hydrogens is 262 g/mol. The van der Waals surface area contributed by atoms with Crippen LogP contribution in [0.1, 0.15) is 20.8 Å². The number of nitrogens with one attached hydrogen (secondary N) is 1. The zero-order chi connectivity index (χ0) is 13.8. The Hall–Kier alpha value is -1.33. The minimum absolute atomic E-state index is 0.299. The van der Waals surface area contributed by atoms with E-state index in [0.717, 1.165) is 25.3 Å². The van der Waals surface area contributed by atoms with Crippen molar-refractivity contribution in [3.05, 3.63) is 23.4 Å². The molecule has 0 aliphatic carbocycles. The molecular formula is C13H20ClN5. The lowest BCUT2D eigenvalue weighted by molar-refractivity contribution is 0.294. The number of aromatic nitrogens is 3. The van der Waals surface area contributed by atoms with E-state index >= 15 is 0 Å². The predicted octanol–water partition coefficient (Wildman–Crippen LogP) is 2.52. The molecule has 0 aliphatic heterocycles. The summed E-state index contributed by atoms with van der Waals surface area (Å²) in [5.74, 6) is 0.641. The van der Waals surface area contributed by atoms with Crippen molar-refractivity contribution in [3.8, 4) is 0 Å². The first-order valence-electron chi connectivity index (χ1n) is 6.63. The first kappa shape index (κ1) is 14.1. The molecule has 0 saturated heterocycles. The molecule has 0 bridgehead atoms. The molecule has 104 valence electrons. The molecule has 2 aromatic heterocycles. The van der Waals surface area contributed by atoms with Gasteiger partial charge in [-0.3, -0.25) is 0 Å². The van der Waals surface area contributed by atoms with Gasteiger partial charge in [0, 0.05) is 18.8 Å². The lowest BCUT2D eigenvalue weighted by Crippen LogP contribution is -2.35. The largest absolute Gasteiger partial charge is 0.349 e. The Morgan fingerprint density at radius 1 is 1.37 bits per heavy atom. The van der Waals surface area contributed by atoms with Crippen molar-refractivity contribution >= 4 is 23.2 Å². The molecule has 1 unspecified atom stereocenters. The van der Waals surface area contributed by atoms with E-state index < -0.39 is 0 Å². The summed E-state index contributed by atoms with van der Waals surface area (Å²) < 4.78 is 1.69. The quantitative estimate of drug-likeness (QED) is 0.884. The van der Waals surface area contributed by atoms with Gasteiger partial charge in [0.05, 0.1) is 5.02 Å². The molecule has 6 heteroatoms. The summed E-state index contributed by atoms with van der Waals surface area (Å²) in [6.45, 7) is 9.55. The van der Waals surface area contributed by atoms with Gasteiger partial charge in [-0.1, -0.05) is 25.4 Å². The van der Waals surface area contributed by atoms with Crippen LogP contribution in [0.2, 0.25) is 5.02 Å². The second-order valence-corrected chi connectivity index (χ2v) is 5.05. The highest BCUT2D eigenvalue weighted by Crippen LogP contribution is 2.12. The van der Waals surface area contributed by atoms with Gasteiger partial charge in [-0.2, -0.15) is 4.98 Å². The molecule has 0 saturated carbocycles. The maximum absolute atomic E-state index is 5.92. The van der Waals surface area contributed by atoms with Crippen molar-refractivity contribution < 1.29 is 0 Å². The summed E-state index contributed by atoms with van der Waals surface area (Å²) in [5, 5.41) is 8.34. The smallest absolute Gasteiger partial charge is 0.243 e. The van der Waals surface area contributed by atoms with E-state index in [1.165, 1.54) is 0 Å². The highest BCUT2D eigenvalue weighted by atomic mass is 35.5. The van der Waals surface area contributed by atoms with Gasteiger partial charge in [-0.25, -0.2) is 4.52 Å². The van der Waals surface area contributed by atoms with Crippen LogP contribution in [0.15, 0.2) is 18.3 Å². The van der Waals surface area contributed by atoms with E-state index in [1.54, 1.807) is 10.7 Å². The van der Waals surface area contributed by atoms with E-state index in [2.05, 4.69) is 41.1 Å². The van der Waals surface area contributed by atoms with Gasteiger partial charge in [-0.05, 0) is 32.1 Å². The number of rotatable bonds is 6. The number of hydrogen-bond acceptors (Lipinski definition) is 4. The number of anilines is 1. The van der Waals surface area contributed by atoms with E-state index in [-0.39, 0.29) is 0 Å². The van der Waals surface area contributed by atoms with E-state index in [1.807, 2.05) is 12.1 Å². The van der Waals surface area contributed by atoms with Gasteiger partial charge in [-0.15, -0.1) is 5.10 Å². The van der Waals surface area contributed by atoms with Crippen LogP contribution in [0, 0.1) is 0 Å². The van der Waals surface area contributed by atoms with Gasteiger partial charge < -0.3 is 10.2 Å². The lowest BCUT2D eigenvalue weighted by Gasteiger charge is -2.22. The van der Waals surface area contributed by atoms with Crippen LogP contribution in [0.25, 0.3) is 5.65 Å². The summed E-state index contributed by atoms with van der Waals surface area (Å²) in [6.07, 6.45) is 1.75. The third kappa shape index (κ3) is 3.58. The number of pyridine rings is 1. The van der Waals surface area contributed by atoms with Crippen molar-refractivity contribution in [1.29, 1.82) is 0 Å². The summed E-state index contributed by atoms with van der Waals surface area (Å²) in [6, 6.07) is 3.97. The highest BCUT2D eigenvalue weighted by Gasteiger charge is 2.10. The zero-order valence-corrected chi connectivity index (χ0v) is 12.4. The third-order valence-electron chi connectivity index (χ3n) is 3.10. The van der Waals surface area contributed by atoms with Crippen molar-refractivity contribution in [2.75, 3.05) is 25.0 Å². The topological polar surface area (TPSA) is 45.5 Å². The van der Waals surface area contributed by atoms with Crippen LogP contribution >= 0.6 is 11.6 Å². The van der Waals surface area contributed by atoms with Crippen LogP contribution < -0.4 is 5.32 Å². The Balaban J connectivity index is 2.04. The molecule has 0 aliphatic rings. The lowest BCUT2D eigenvalue weighted by atomic mass is 10.3. The van der Waals surface area contributed by atoms with Gasteiger partial charge in [0.1, 0.15) is 0 Å². The fraction of sp³-hybridized carbons (Fsp3) is 0.538. The van der Waals surface area contributed by atoms with Gasteiger partial charge in [0.25, 0.3) is 0 Å². The molecule has 0 aromatic carbocycles. The van der Waals surface area contributed by atoms with Crippen LogP contribution in [-0.4, -0.2) is 45.2 Å². The van der Waals surface area contributed by atoms with Crippen LogP contribution in [0.5, 0.6) is 0 Å². The summed E-state index contributed by atoms with van der Waals surface area (Å²) >= 11 is 5.92. The molecule has 0 amide bonds. The number of hydrogen-bond donors (Lipinski definition) is 1. The highest BCUT2D eigenvalue weighted by molar-refractivity contribution is 6.30. The molecule has 2 rings (SSSR count). The van der Waals surface area contributed by atoms with Gasteiger partial charge in [0.15, 0.2) is 5.65 Å². The van der Waals surface area contributed by atoms with E-state index in [9.17, 15) is 0 Å². The van der Waals surface area contributed by atoms with Crippen molar-refractivity contribution in [2.24, 2.45) is 0 Å². The summed E-state index contributed by atoms with van der Waals surface area (Å²) in [7, 11) is 0. The maximum atomic E-state index is 5.92. The number of fused-ring (bicyclic) bond motifs is 1. The molecule has 1 atom stereocenters. The molecule has 2 heterocycles. The molecule has 0 spiro atoms. The molecule has 0 fully saturated rings. The second kappa shape index (κ2) is 6.21. The normalized spacial score (nSPS) is 13.1. The number of halogens is 1. The molecule has 0 radical (unpaired) electrons. The Labute approximate surface area is 118 Å². The number of nitrogens with zero attached hydrogens (tertiary/aromatic N) is 4. The van der Waals surface area contributed by atoms with Gasteiger partial charge >= 0.3 is 0 Å². The molecule has 19 heavy (non-hydrogen) atoms. The van der Waals surface area contributed by atoms with Crippen molar-refractivity contribution in [1.82, 2.24) is 19.5 Å². The third-order valence-corrected chi connectivity index (χ3v) is 3.32. The number of likely N-dealkylation sites (N-methyl/N-ethyl adjacent to an activating group) is 1. The van der Waals surface area contributed by atoms with Crippen LogP contribution in [-0.2, 0) is 0 Å². The Morgan fingerprint density at radius 2 is 2.11 bits per heavy atom. The Morgan fingerprint density at radius 3 is 2.79 bits per heavy atom. The first-order chi connectivity index (χ1) is 9.12. The predicted molar refractivity (Wildman–Crippen MR) is 78.9 cm³/mol. The van der Waals surface area contributed by atoms with Crippen LogP contribution in [0.3, 0.4) is 0 Å². The second-order valence-electron chi connectivity index (χ2n) is 4.62. The maximum Gasteiger partial charge on any atom is 0.243 e. The first-order valence-corrected chi connectivity index (χ1v) is 7.01. The summed E-state index contributed by atoms with van der Waals surface area (Å²) in [5.41, 5.74) is 0.793. The fourth-order valence-electron chi connectivity index (χ4n) is 2.05. The molecule has 2 aromatic rings.